The second kappa shape index (κ2) is 12.4. The van der Waals surface area contributed by atoms with Gasteiger partial charge in [0.25, 0.3) is 5.91 Å². The highest BCUT2D eigenvalue weighted by Crippen LogP contribution is 2.28. The van der Waals surface area contributed by atoms with Gasteiger partial charge in [-0.3, -0.25) is 24.4 Å². The molecule has 1 amide bonds. The van der Waals surface area contributed by atoms with E-state index in [-0.39, 0.29) is 5.91 Å². The summed E-state index contributed by atoms with van der Waals surface area (Å²) in [6.45, 7) is 5.20. The van der Waals surface area contributed by atoms with E-state index >= 15 is 0 Å². The van der Waals surface area contributed by atoms with Crippen molar-refractivity contribution in [1.82, 2.24) is 20.3 Å². The van der Waals surface area contributed by atoms with Crippen molar-refractivity contribution >= 4 is 17.5 Å². The number of aromatic amines is 1. The molecular formula is C27H26F6N4O3. The van der Waals surface area contributed by atoms with Crippen molar-refractivity contribution < 1.29 is 40.7 Å². The number of Topliss-reactive ketones (excluding diaryl/α,β-unsaturated/α-hetero) is 2. The van der Waals surface area contributed by atoms with Crippen molar-refractivity contribution in [2.75, 3.05) is 6.54 Å². The number of amides is 1. The summed E-state index contributed by atoms with van der Waals surface area (Å²) in [5.41, 5.74) is 6.89. The number of nitrogens with zero attached hydrogens (tertiary/aromatic N) is 2. The molecule has 0 unspecified atom stereocenters. The van der Waals surface area contributed by atoms with Crippen LogP contribution in [0, 0.1) is 5.92 Å². The van der Waals surface area contributed by atoms with Crippen LogP contribution in [0.4, 0.5) is 26.3 Å². The first-order chi connectivity index (χ1) is 18.7. The highest BCUT2D eigenvalue weighted by Gasteiger charge is 2.54. The van der Waals surface area contributed by atoms with Crippen molar-refractivity contribution in [3.05, 3.63) is 59.7 Å². The van der Waals surface area contributed by atoms with Crippen LogP contribution in [0.3, 0.4) is 0 Å². The second-order valence-electron chi connectivity index (χ2n) is 9.53. The van der Waals surface area contributed by atoms with E-state index in [0.29, 0.717) is 6.54 Å². The number of alkyl halides is 6. The van der Waals surface area contributed by atoms with Gasteiger partial charge < -0.3 is 10.3 Å². The number of H-pyrrole nitrogens is 1. The number of carbonyl (C=O) groups excluding carboxylic acids is 3. The lowest BCUT2D eigenvalue weighted by Crippen LogP contribution is -2.39. The van der Waals surface area contributed by atoms with Gasteiger partial charge in [-0.1, -0.05) is 20.3 Å². The zero-order chi connectivity index (χ0) is 29.7. The third kappa shape index (κ3) is 7.99. The molecule has 0 fully saturated rings. The summed E-state index contributed by atoms with van der Waals surface area (Å²) in [7, 11) is 0. The normalized spacial score (nSPS) is 13.3. The van der Waals surface area contributed by atoms with E-state index in [1.54, 1.807) is 0 Å². The number of hydrogen-bond acceptors (Lipinski definition) is 5. The van der Waals surface area contributed by atoms with E-state index in [4.69, 9.17) is 0 Å². The Kier molecular flexibility index (Phi) is 9.48. The van der Waals surface area contributed by atoms with Crippen LogP contribution in [-0.4, -0.2) is 51.3 Å². The number of aryl methyl sites for hydroxylation is 1. The topological polar surface area (TPSA) is 105 Å². The van der Waals surface area contributed by atoms with Gasteiger partial charge in [-0.25, -0.2) is 0 Å². The molecule has 2 N–H and O–H groups in total. The van der Waals surface area contributed by atoms with Crippen LogP contribution in [0.25, 0.3) is 22.5 Å². The van der Waals surface area contributed by atoms with E-state index in [0.717, 1.165) is 52.5 Å². The molecule has 7 nitrogen and oxygen atoms in total. The number of hydrogen-bond donors (Lipinski definition) is 2. The number of ketones is 2. The van der Waals surface area contributed by atoms with Crippen molar-refractivity contribution in [2.45, 2.75) is 51.9 Å². The van der Waals surface area contributed by atoms with Gasteiger partial charge in [-0.15, -0.1) is 0 Å². The van der Waals surface area contributed by atoms with Crippen LogP contribution >= 0.6 is 0 Å². The largest absolute Gasteiger partial charge is 0.458 e. The number of carbonyl (C=O) groups is 3. The number of halogens is 6. The van der Waals surface area contributed by atoms with Crippen LogP contribution in [-0.2, 0) is 22.4 Å². The zero-order valence-electron chi connectivity index (χ0n) is 21.5. The number of fused-ring (bicyclic) bond motifs is 1. The molecule has 0 saturated heterocycles. The second-order valence-corrected chi connectivity index (χ2v) is 9.53. The lowest BCUT2D eigenvalue weighted by Gasteiger charge is -2.11. The molecule has 0 spiro atoms. The van der Waals surface area contributed by atoms with Crippen molar-refractivity contribution in [3.63, 3.8) is 0 Å². The predicted molar refractivity (Wildman–Crippen MR) is 133 cm³/mol. The predicted octanol–water partition coefficient (Wildman–Crippen LogP) is 5.65. The molecule has 0 saturated carbocycles. The van der Waals surface area contributed by atoms with Crippen LogP contribution < -0.4 is 5.32 Å². The summed E-state index contributed by atoms with van der Waals surface area (Å²) in [4.78, 5) is 43.6. The minimum atomic E-state index is -5.77. The molecule has 1 aliphatic heterocycles. The Morgan fingerprint density at radius 2 is 1.65 bits per heavy atom. The van der Waals surface area contributed by atoms with Gasteiger partial charge >= 0.3 is 23.9 Å². The van der Waals surface area contributed by atoms with Crippen molar-refractivity contribution in [1.29, 1.82) is 0 Å². The Morgan fingerprint density at radius 3 is 2.25 bits per heavy atom. The van der Waals surface area contributed by atoms with Crippen LogP contribution in [0.2, 0.25) is 0 Å². The summed E-state index contributed by atoms with van der Waals surface area (Å²) in [5, 5.41) is 2.89. The maximum atomic E-state index is 12.0. The fourth-order valence-corrected chi connectivity index (χ4v) is 3.94. The third-order valence-corrected chi connectivity index (χ3v) is 5.93. The van der Waals surface area contributed by atoms with Gasteiger partial charge in [0.05, 0.1) is 11.3 Å². The van der Waals surface area contributed by atoms with Gasteiger partial charge in [0.1, 0.15) is 0 Å². The molecule has 3 aromatic rings. The highest BCUT2D eigenvalue weighted by atomic mass is 19.4. The Hall–Kier alpha value is -4.03. The quantitative estimate of drug-likeness (QED) is 0.283. The minimum absolute atomic E-state index is 0.00340. The van der Waals surface area contributed by atoms with Gasteiger partial charge in [0.2, 0.25) is 0 Å². The van der Waals surface area contributed by atoms with Crippen LogP contribution in [0.1, 0.15) is 48.3 Å². The molecule has 0 aromatic carbocycles. The number of aromatic nitrogens is 3. The Bertz CT molecular complexity index is 1360. The van der Waals surface area contributed by atoms with Gasteiger partial charge in [-0.2, -0.15) is 26.3 Å². The molecule has 214 valence electrons. The molecule has 1 aliphatic rings. The minimum Gasteiger partial charge on any atom is -0.358 e. The average molecular weight is 569 g/mol. The van der Waals surface area contributed by atoms with E-state index in [2.05, 4.69) is 46.2 Å². The number of nitrogens with one attached hydrogen (secondary N) is 2. The molecule has 40 heavy (non-hydrogen) atoms. The number of pyridine rings is 2. The SMILES string of the molecule is CC(C)CCCc1cncc(-c2cc(-c3cc4c([nH]3)CCNC4=O)ccn2)c1.O=C(C(=O)C(F)(F)F)C(F)(F)F. The van der Waals surface area contributed by atoms with Crippen LogP contribution in [0.5, 0.6) is 0 Å². The summed E-state index contributed by atoms with van der Waals surface area (Å²) in [6.07, 6.45) is -1.64. The molecule has 0 radical (unpaired) electrons. The maximum Gasteiger partial charge on any atom is 0.458 e. The Balaban J connectivity index is 0.000000312. The summed E-state index contributed by atoms with van der Waals surface area (Å²) < 4.78 is 67.0. The van der Waals surface area contributed by atoms with Gasteiger partial charge in [-0.05, 0) is 48.6 Å². The van der Waals surface area contributed by atoms with E-state index in [1.165, 1.54) is 18.4 Å². The standard InChI is InChI=1S/C23H26N4O.C4F6O2/c1-15(2)4-3-5-16-10-18(14-24-13-16)21-11-17(6-8-25-21)22-12-19-20(27-22)7-9-26-23(19)28;5-3(6,7)1(11)2(12)4(8,9)10/h6,8,10-15,27H,3-5,7,9H2,1-2H3,(H,26,28);. The van der Waals surface area contributed by atoms with Crippen molar-refractivity contribution in [2.24, 2.45) is 5.92 Å². The first-order valence-corrected chi connectivity index (χ1v) is 12.3. The molecule has 0 atom stereocenters. The fraction of sp³-hybridized carbons (Fsp3) is 0.370. The molecule has 4 heterocycles. The first-order valence-electron chi connectivity index (χ1n) is 12.3. The third-order valence-electron chi connectivity index (χ3n) is 5.93. The molecule has 13 heteroatoms. The molecule has 4 rings (SSSR count). The highest BCUT2D eigenvalue weighted by molar-refractivity contribution is 6.41. The first kappa shape index (κ1) is 30.5. The monoisotopic (exact) mass is 568 g/mol. The van der Waals surface area contributed by atoms with Gasteiger partial charge in [0.15, 0.2) is 0 Å². The Morgan fingerprint density at radius 1 is 0.975 bits per heavy atom. The summed E-state index contributed by atoms with van der Waals surface area (Å²) in [5.74, 6) is -6.09. The fourth-order valence-electron chi connectivity index (χ4n) is 3.94. The maximum absolute atomic E-state index is 12.0. The van der Waals surface area contributed by atoms with Crippen molar-refractivity contribution in [3.8, 4) is 22.5 Å². The molecule has 0 bridgehead atoms. The molecular weight excluding hydrogens is 542 g/mol. The van der Waals surface area contributed by atoms with Gasteiger partial charge in [0, 0.05) is 54.1 Å². The van der Waals surface area contributed by atoms with E-state index in [1.807, 2.05) is 30.7 Å². The smallest absolute Gasteiger partial charge is 0.358 e. The Labute approximate surface area is 225 Å². The van der Waals surface area contributed by atoms with E-state index in [9.17, 15) is 40.7 Å². The lowest BCUT2D eigenvalue weighted by molar-refractivity contribution is -0.193. The lowest BCUT2D eigenvalue weighted by atomic mass is 10.0. The zero-order valence-corrected chi connectivity index (χ0v) is 21.5. The number of rotatable bonds is 7. The average Bonchev–Trinajstić information content (AvgIpc) is 3.33. The van der Waals surface area contributed by atoms with E-state index < -0.39 is 23.9 Å². The summed E-state index contributed by atoms with van der Waals surface area (Å²) in [6, 6.07) is 8.15. The van der Waals surface area contributed by atoms with Crippen LogP contribution in [0.15, 0.2) is 42.9 Å². The molecule has 3 aromatic heterocycles. The summed E-state index contributed by atoms with van der Waals surface area (Å²) >= 11 is 0. The molecule has 0 aliphatic carbocycles.